The van der Waals surface area contributed by atoms with Crippen molar-refractivity contribution in [1.82, 2.24) is 15.5 Å². The van der Waals surface area contributed by atoms with Crippen molar-refractivity contribution in [2.24, 2.45) is 0 Å². The van der Waals surface area contributed by atoms with Gasteiger partial charge in [0.05, 0.1) is 13.3 Å². The summed E-state index contributed by atoms with van der Waals surface area (Å²) < 4.78 is 31.4. The van der Waals surface area contributed by atoms with E-state index in [0.29, 0.717) is 35.2 Å². The molecule has 2 N–H and O–H groups in total. The number of aromatic nitrogens is 2. The Labute approximate surface area is 131 Å². The molecule has 0 radical (unpaired) electrons. The molecule has 2 aromatic rings. The first-order valence-corrected chi connectivity index (χ1v) is 6.85. The molecule has 0 saturated heterocycles. The molecule has 0 aliphatic heterocycles. The van der Waals surface area contributed by atoms with Crippen LogP contribution in [-0.2, 0) is 6.42 Å². The molecule has 0 spiro atoms. The Bertz CT molecular complexity index is 669. The lowest BCUT2D eigenvalue weighted by atomic mass is 10.1. The molecule has 1 heterocycles. The minimum atomic E-state index is -0.596. The molecule has 0 fully saturated rings. The molecule has 22 heavy (non-hydrogen) atoms. The summed E-state index contributed by atoms with van der Waals surface area (Å²) in [4.78, 5) is 0. The normalized spacial score (nSPS) is 10.1. The van der Waals surface area contributed by atoms with Gasteiger partial charge in [-0.1, -0.05) is 6.07 Å². The van der Waals surface area contributed by atoms with E-state index in [2.05, 4.69) is 20.8 Å². The van der Waals surface area contributed by atoms with Gasteiger partial charge in [0, 0.05) is 18.7 Å². The second kappa shape index (κ2) is 7.60. The number of anilines is 1. The minimum absolute atomic E-state index is 0.307. The highest BCUT2D eigenvalue weighted by molar-refractivity contribution is 7.80. The maximum absolute atomic E-state index is 13.5. The zero-order valence-electron chi connectivity index (χ0n) is 11.8. The van der Waals surface area contributed by atoms with Crippen LogP contribution >= 0.6 is 12.2 Å². The standard InChI is InChI=1S/C14H14F2N4OS/c1-21-12-5-7-18-20-13(12)19-14(22)17-6-4-9-2-3-10(15)8-11(9)16/h2-3,5,7-8H,4,6H2,1H3,(H2,17,19,20,22). The van der Waals surface area contributed by atoms with Crippen LogP contribution in [0.15, 0.2) is 30.5 Å². The fourth-order valence-electron chi connectivity index (χ4n) is 1.76. The van der Waals surface area contributed by atoms with E-state index >= 15 is 0 Å². The number of methoxy groups -OCH3 is 1. The van der Waals surface area contributed by atoms with E-state index in [1.807, 2.05) is 0 Å². The van der Waals surface area contributed by atoms with Gasteiger partial charge in [-0.25, -0.2) is 8.78 Å². The lowest BCUT2D eigenvalue weighted by Gasteiger charge is -2.11. The van der Waals surface area contributed by atoms with Crippen molar-refractivity contribution in [1.29, 1.82) is 0 Å². The van der Waals surface area contributed by atoms with Gasteiger partial charge in [-0.3, -0.25) is 0 Å². The average Bonchev–Trinajstić information content (AvgIpc) is 2.50. The van der Waals surface area contributed by atoms with Gasteiger partial charge in [0.2, 0.25) is 0 Å². The smallest absolute Gasteiger partial charge is 0.197 e. The Morgan fingerprint density at radius 3 is 2.86 bits per heavy atom. The van der Waals surface area contributed by atoms with E-state index in [4.69, 9.17) is 17.0 Å². The predicted molar refractivity (Wildman–Crippen MR) is 82.9 cm³/mol. The molecular formula is C14H14F2N4OS. The second-order valence-corrected chi connectivity index (χ2v) is 4.72. The molecule has 0 unspecified atom stereocenters. The van der Waals surface area contributed by atoms with Crippen molar-refractivity contribution in [2.75, 3.05) is 19.0 Å². The Hall–Kier alpha value is -2.35. The first-order valence-electron chi connectivity index (χ1n) is 6.44. The van der Waals surface area contributed by atoms with Crippen LogP contribution in [-0.4, -0.2) is 29.0 Å². The molecule has 0 aliphatic carbocycles. The van der Waals surface area contributed by atoms with Crippen molar-refractivity contribution in [3.05, 3.63) is 47.7 Å². The number of rotatable bonds is 5. The maximum atomic E-state index is 13.5. The van der Waals surface area contributed by atoms with Gasteiger partial charge < -0.3 is 15.4 Å². The monoisotopic (exact) mass is 324 g/mol. The van der Waals surface area contributed by atoms with Gasteiger partial charge in [-0.05, 0) is 30.3 Å². The summed E-state index contributed by atoms with van der Waals surface area (Å²) in [6, 6.07) is 5.14. The Kier molecular flexibility index (Phi) is 5.54. The summed E-state index contributed by atoms with van der Waals surface area (Å²) in [5.41, 5.74) is 0.411. The molecular weight excluding hydrogens is 310 g/mol. The van der Waals surface area contributed by atoms with Crippen molar-refractivity contribution in [3.8, 4) is 5.75 Å². The molecule has 0 amide bonds. The van der Waals surface area contributed by atoms with Crippen LogP contribution in [0.4, 0.5) is 14.6 Å². The number of benzene rings is 1. The molecule has 0 bridgehead atoms. The first kappa shape index (κ1) is 16.0. The van der Waals surface area contributed by atoms with Crippen LogP contribution in [0.1, 0.15) is 5.56 Å². The number of thiocarbonyl (C=S) groups is 1. The van der Waals surface area contributed by atoms with Crippen LogP contribution in [0.25, 0.3) is 0 Å². The molecule has 1 aromatic carbocycles. The molecule has 0 saturated carbocycles. The maximum Gasteiger partial charge on any atom is 0.197 e. The minimum Gasteiger partial charge on any atom is -0.493 e. The highest BCUT2D eigenvalue weighted by Crippen LogP contribution is 2.18. The van der Waals surface area contributed by atoms with E-state index in [-0.39, 0.29) is 0 Å². The van der Waals surface area contributed by atoms with Crippen LogP contribution in [0.3, 0.4) is 0 Å². The van der Waals surface area contributed by atoms with Crippen LogP contribution in [0, 0.1) is 11.6 Å². The highest BCUT2D eigenvalue weighted by Gasteiger charge is 2.07. The van der Waals surface area contributed by atoms with Gasteiger partial charge in [0.1, 0.15) is 11.6 Å². The van der Waals surface area contributed by atoms with Crippen LogP contribution < -0.4 is 15.4 Å². The Balaban J connectivity index is 1.85. The van der Waals surface area contributed by atoms with E-state index in [9.17, 15) is 8.78 Å². The topological polar surface area (TPSA) is 59.1 Å². The Morgan fingerprint density at radius 2 is 2.14 bits per heavy atom. The quantitative estimate of drug-likeness (QED) is 0.823. The summed E-state index contributed by atoms with van der Waals surface area (Å²) in [6.45, 7) is 0.386. The number of nitrogens with zero attached hydrogens (tertiary/aromatic N) is 2. The van der Waals surface area contributed by atoms with Gasteiger partial charge >= 0.3 is 0 Å². The number of ether oxygens (including phenoxy) is 1. The fourth-order valence-corrected chi connectivity index (χ4v) is 1.96. The summed E-state index contributed by atoms with van der Waals surface area (Å²) >= 11 is 5.11. The summed E-state index contributed by atoms with van der Waals surface area (Å²) in [5.74, 6) is -0.281. The molecule has 116 valence electrons. The molecule has 5 nitrogen and oxygen atoms in total. The summed E-state index contributed by atoms with van der Waals surface area (Å²) in [6.07, 6.45) is 1.86. The van der Waals surface area contributed by atoms with Crippen LogP contribution in [0.2, 0.25) is 0 Å². The number of hydrogen-bond donors (Lipinski definition) is 2. The van der Waals surface area contributed by atoms with E-state index in [0.717, 1.165) is 6.07 Å². The average molecular weight is 324 g/mol. The lowest BCUT2D eigenvalue weighted by Crippen LogP contribution is -2.30. The van der Waals surface area contributed by atoms with Gasteiger partial charge in [0.25, 0.3) is 0 Å². The lowest BCUT2D eigenvalue weighted by molar-refractivity contribution is 0.414. The largest absolute Gasteiger partial charge is 0.493 e. The second-order valence-electron chi connectivity index (χ2n) is 4.31. The van der Waals surface area contributed by atoms with Crippen molar-refractivity contribution >= 4 is 23.1 Å². The molecule has 0 atom stereocenters. The van der Waals surface area contributed by atoms with Crippen molar-refractivity contribution in [3.63, 3.8) is 0 Å². The van der Waals surface area contributed by atoms with Crippen molar-refractivity contribution in [2.45, 2.75) is 6.42 Å². The summed E-state index contributed by atoms with van der Waals surface area (Å²) in [7, 11) is 1.51. The summed E-state index contributed by atoms with van der Waals surface area (Å²) in [5, 5.41) is 13.6. The highest BCUT2D eigenvalue weighted by atomic mass is 32.1. The molecule has 1 aromatic heterocycles. The van der Waals surface area contributed by atoms with Gasteiger partial charge in [0.15, 0.2) is 16.7 Å². The van der Waals surface area contributed by atoms with E-state index < -0.39 is 11.6 Å². The van der Waals surface area contributed by atoms with Crippen molar-refractivity contribution < 1.29 is 13.5 Å². The number of halogens is 2. The fraction of sp³-hybridized carbons (Fsp3) is 0.214. The zero-order chi connectivity index (χ0) is 15.9. The predicted octanol–water partition coefficient (Wildman–Crippen LogP) is 2.29. The molecule has 0 aliphatic rings. The third kappa shape index (κ3) is 4.32. The molecule has 8 heteroatoms. The van der Waals surface area contributed by atoms with Gasteiger partial charge in [-0.2, -0.15) is 5.10 Å². The zero-order valence-corrected chi connectivity index (χ0v) is 12.6. The first-order chi connectivity index (χ1) is 10.6. The van der Waals surface area contributed by atoms with Crippen LogP contribution in [0.5, 0.6) is 5.75 Å². The Morgan fingerprint density at radius 1 is 1.32 bits per heavy atom. The third-order valence-electron chi connectivity index (χ3n) is 2.83. The third-order valence-corrected chi connectivity index (χ3v) is 3.08. The number of hydrogen-bond acceptors (Lipinski definition) is 4. The molecule has 2 rings (SSSR count). The van der Waals surface area contributed by atoms with E-state index in [1.54, 1.807) is 6.07 Å². The SMILES string of the molecule is COc1ccnnc1NC(=S)NCCc1ccc(F)cc1F. The van der Waals surface area contributed by atoms with E-state index in [1.165, 1.54) is 25.4 Å². The number of nitrogens with one attached hydrogen (secondary N) is 2. The van der Waals surface area contributed by atoms with Gasteiger partial charge in [-0.15, -0.1) is 5.10 Å².